The standard InChI is InChI=1S/C50H50Cl2N6O4S/c1-5-53-23-21-37-9-7-11-39(49(37)53)45-35(15-19-43(61)57-29-25-55(26-30-57)33(3)59)13-17-41(47(45)51)63-42-18-14-36(16-20-44(62)58-31-27-56(28-32-58)34(4)60)46(48(42)52)40-12-8-10-38-22-24-54(6-2)50(38)40/h7-24H,5-6,25-32H2,1-4H3/b19-15+,20-16+. The predicted octanol–water partition coefficient (Wildman–Crippen LogP) is 9.84. The van der Waals surface area contributed by atoms with Gasteiger partial charge < -0.3 is 28.7 Å². The molecule has 6 aromatic rings. The van der Waals surface area contributed by atoms with E-state index in [-0.39, 0.29) is 23.6 Å². The Labute approximate surface area is 382 Å². The quantitative estimate of drug-likeness (QED) is 0.128. The molecule has 2 saturated heterocycles. The molecular formula is C50H50Cl2N6O4S. The number of benzene rings is 4. The second-order valence-electron chi connectivity index (χ2n) is 15.8. The zero-order chi connectivity index (χ0) is 44.4. The average Bonchev–Trinajstić information content (AvgIpc) is 3.93. The first kappa shape index (κ1) is 43.9. The lowest BCUT2D eigenvalue weighted by Crippen LogP contribution is -2.49. The number of amides is 4. The van der Waals surface area contributed by atoms with Crippen molar-refractivity contribution in [3.8, 4) is 22.3 Å². The van der Waals surface area contributed by atoms with Crippen LogP contribution in [0.15, 0.2) is 107 Å². The highest BCUT2D eigenvalue weighted by atomic mass is 35.5. The molecule has 0 N–H and O–H groups in total. The number of hydrogen-bond acceptors (Lipinski definition) is 5. The Balaban J connectivity index is 1.20. The summed E-state index contributed by atoms with van der Waals surface area (Å²) in [4.78, 5) is 59.5. The van der Waals surface area contributed by atoms with E-state index in [1.54, 1.807) is 45.6 Å². The van der Waals surface area contributed by atoms with E-state index in [2.05, 4.69) is 71.8 Å². The summed E-state index contributed by atoms with van der Waals surface area (Å²) < 4.78 is 4.40. The van der Waals surface area contributed by atoms with E-state index in [1.165, 1.54) is 11.8 Å². The summed E-state index contributed by atoms with van der Waals surface area (Å²) in [6.07, 6.45) is 11.0. The van der Waals surface area contributed by atoms with E-state index < -0.39 is 0 Å². The molecule has 0 radical (unpaired) electrons. The first-order valence-electron chi connectivity index (χ1n) is 21.4. The summed E-state index contributed by atoms with van der Waals surface area (Å²) in [7, 11) is 0. The molecule has 13 heteroatoms. The third kappa shape index (κ3) is 8.92. The maximum absolute atomic E-state index is 13.5. The van der Waals surface area contributed by atoms with Crippen LogP contribution in [0.1, 0.15) is 38.8 Å². The predicted molar refractivity (Wildman–Crippen MR) is 256 cm³/mol. The smallest absolute Gasteiger partial charge is 0.246 e. The molecule has 4 aromatic carbocycles. The van der Waals surface area contributed by atoms with Gasteiger partial charge in [0.25, 0.3) is 0 Å². The van der Waals surface area contributed by atoms with Crippen molar-refractivity contribution in [3.05, 3.63) is 119 Å². The van der Waals surface area contributed by atoms with Gasteiger partial charge in [-0.05, 0) is 61.4 Å². The zero-order valence-electron chi connectivity index (χ0n) is 35.9. The van der Waals surface area contributed by atoms with Gasteiger partial charge in [0.1, 0.15) is 0 Å². The largest absolute Gasteiger partial charge is 0.347 e. The van der Waals surface area contributed by atoms with Crippen LogP contribution in [0.4, 0.5) is 0 Å². The number of halogens is 2. The van der Waals surface area contributed by atoms with E-state index in [9.17, 15) is 19.2 Å². The van der Waals surface area contributed by atoms with Crippen LogP contribution in [0, 0.1) is 0 Å². The summed E-state index contributed by atoms with van der Waals surface area (Å²) in [5.41, 5.74) is 7.17. The SMILES string of the molecule is CCn1ccc2cccc(-c3c(/C=C/C(=O)N4CCN(C(C)=O)CC4)ccc(Sc4ccc(/C=C/C(=O)N5CCN(C(C)=O)CC5)c(-c5cccc6ccn(CC)c56)c4Cl)c3Cl)c21. The van der Waals surface area contributed by atoms with Crippen LogP contribution in [0.5, 0.6) is 0 Å². The number of hydrogen-bond donors (Lipinski definition) is 0. The minimum absolute atomic E-state index is 0.0138. The second-order valence-corrected chi connectivity index (χ2v) is 17.6. The van der Waals surface area contributed by atoms with E-state index in [0.717, 1.165) is 78.1 Å². The molecule has 324 valence electrons. The number of carbonyl (C=O) groups is 4. The van der Waals surface area contributed by atoms with Crippen LogP contribution in [0.25, 0.3) is 56.2 Å². The van der Waals surface area contributed by atoms with Crippen molar-refractivity contribution in [3.63, 3.8) is 0 Å². The van der Waals surface area contributed by atoms with Crippen LogP contribution in [-0.2, 0) is 32.3 Å². The first-order valence-corrected chi connectivity index (χ1v) is 23.0. The van der Waals surface area contributed by atoms with Crippen LogP contribution >= 0.6 is 35.0 Å². The number of rotatable bonds is 10. The maximum atomic E-state index is 13.5. The van der Waals surface area contributed by atoms with Crippen molar-refractivity contribution in [1.82, 2.24) is 28.7 Å². The summed E-state index contributed by atoms with van der Waals surface area (Å²) in [5, 5.41) is 3.22. The Bertz CT molecular complexity index is 2620. The number of fused-ring (bicyclic) bond motifs is 2. The highest BCUT2D eigenvalue weighted by molar-refractivity contribution is 7.99. The average molecular weight is 902 g/mol. The lowest BCUT2D eigenvalue weighted by atomic mass is 9.97. The van der Waals surface area contributed by atoms with Gasteiger partial charge in [-0.3, -0.25) is 19.2 Å². The Morgan fingerprint density at radius 3 is 1.29 bits per heavy atom. The maximum Gasteiger partial charge on any atom is 0.246 e. The Morgan fingerprint density at radius 2 is 0.921 bits per heavy atom. The van der Waals surface area contributed by atoms with Crippen molar-refractivity contribution >= 4 is 92.6 Å². The molecule has 0 unspecified atom stereocenters. The van der Waals surface area contributed by atoms with Gasteiger partial charge >= 0.3 is 0 Å². The topological polar surface area (TPSA) is 91.1 Å². The minimum atomic E-state index is -0.121. The third-order valence-corrected chi connectivity index (χ3v) is 14.3. The Kier molecular flexibility index (Phi) is 13.2. The van der Waals surface area contributed by atoms with E-state index in [0.29, 0.717) is 62.4 Å². The number of aryl methyl sites for hydroxylation is 2. The third-order valence-electron chi connectivity index (χ3n) is 12.2. The molecule has 63 heavy (non-hydrogen) atoms. The number of nitrogens with zero attached hydrogens (tertiary/aromatic N) is 6. The Hall–Kier alpha value is -5.75. The summed E-state index contributed by atoms with van der Waals surface area (Å²) in [6, 6.07) is 24.5. The molecule has 0 atom stereocenters. The molecule has 10 nitrogen and oxygen atoms in total. The first-order chi connectivity index (χ1) is 30.5. The summed E-state index contributed by atoms with van der Waals surface area (Å²) in [6.45, 7) is 12.8. The van der Waals surface area contributed by atoms with Gasteiger partial charge in [0.15, 0.2) is 0 Å². The molecule has 0 bridgehead atoms. The summed E-state index contributed by atoms with van der Waals surface area (Å²) >= 11 is 16.6. The normalized spacial score (nSPS) is 14.8. The molecular weight excluding hydrogens is 852 g/mol. The number of piperazine rings is 2. The van der Waals surface area contributed by atoms with Gasteiger partial charge in [0.05, 0.1) is 21.1 Å². The van der Waals surface area contributed by atoms with E-state index >= 15 is 0 Å². The molecule has 0 aliphatic carbocycles. The van der Waals surface area contributed by atoms with Crippen molar-refractivity contribution < 1.29 is 19.2 Å². The lowest BCUT2D eigenvalue weighted by molar-refractivity contribution is -0.135. The minimum Gasteiger partial charge on any atom is -0.347 e. The van der Waals surface area contributed by atoms with Crippen LogP contribution < -0.4 is 0 Å². The fraction of sp³-hybridized carbons (Fsp3) is 0.280. The highest BCUT2D eigenvalue weighted by Gasteiger charge is 2.25. The monoisotopic (exact) mass is 900 g/mol. The molecule has 2 fully saturated rings. The van der Waals surface area contributed by atoms with Gasteiger partial charge in [0.2, 0.25) is 23.6 Å². The molecule has 0 spiro atoms. The van der Waals surface area contributed by atoms with E-state index in [1.807, 2.05) is 48.6 Å². The fourth-order valence-electron chi connectivity index (χ4n) is 8.71. The van der Waals surface area contributed by atoms with Gasteiger partial charge in [-0.2, -0.15) is 0 Å². The highest BCUT2D eigenvalue weighted by Crippen LogP contribution is 2.48. The molecule has 2 aliphatic rings. The number of carbonyl (C=O) groups excluding carboxylic acids is 4. The van der Waals surface area contributed by atoms with Crippen LogP contribution in [0.2, 0.25) is 10.0 Å². The summed E-state index contributed by atoms with van der Waals surface area (Å²) in [5.74, 6) is -0.215. The van der Waals surface area contributed by atoms with Crippen LogP contribution in [0.3, 0.4) is 0 Å². The van der Waals surface area contributed by atoms with Gasteiger partial charge in [-0.25, -0.2) is 0 Å². The van der Waals surface area contributed by atoms with Crippen molar-refractivity contribution in [2.45, 2.75) is 50.6 Å². The van der Waals surface area contributed by atoms with Crippen molar-refractivity contribution in [1.29, 1.82) is 0 Å². The van der Waals surface area contributed by atoms with Crippen molar-refractivity contribution in [2.24, 2.45) is 0 Å². The fourth-order valence-corrected chi connectivity index (χ4v) is 10.4. The molecule has 2 aromatic heterocycles. The molecule has 4 heterocycles. The molecule has 4 amide bonds. The van der Waals surface area contributed by atoms with Gasteiger partial charge in [0, 0.05) is 147 Å². The Morgan fingerprint density at radius 1 is 0.540 bits per heavy atom. The lowest BCUT2D eigenvalue weighted by Gasteiger charge is -2.33. The zero-order valence-corrected chi connectivity index (χ0v) is 38.3. The van der Waals surface area contributed by atoms with Gasteiger partial charge in [-0.15, -0.1) is 0 Å². The number of para-hydroxylation sites is 2. The van der Waals surface area contributed by atoms with Crippen molar-refractivity contribution in [2.75, 3.05) is 52.4 Å². The second kappa shape index (κ2) is 18.9. The van der Waals surface area contributed by atoms with Gasteiger partial charge in [-0.1, -0.05) is 83.5 Å². The van der Waals surface area contributed by atoms with E-state index in [4.69, 9.17) is 23.2 Å². The van der Waals surface area contributed by atoms with Crippen LogP contribution in [-0.4, -0.2) is 105 Å². The molecule has 8 rings (SSSR count). The molecule has 2 aliphatic heterocycles. The number of aromatic nitrogens is 2. The molecule has 0 saturated carbocycles.